The summed E-state index contributed by atoms with van der Waals surface area (Å²) in [5, 5.41) is 19.5. The second-order valence-electron chi connectivity index (χ2n) is 5.18. The van der Waals surface area contributed by atoms with Crippen LogP contribution in [0.25, 0.3) is 0 Å². The van der Waals surface area contributed by atoms with Gasteiger partial charge in [-0.15, -0.1) is 0 Å². The number of rotatable bonds is 7. The summed E-state index contributed by atoms with van der Waals surface area (Å²) in [4.78, 5) is 0. The van der Waals surface area contributed by atoms with E-state index < -0.39 is 0 Å². The van der Waals surface area contributed by atoms with Crippen molar-refractivity contribution >= 4 is 0 Å². The summed E-state index contributed by atoms with van der Waals surface area (Å²) in [5.74, 6) is 1.38. The Morgan fingerprint density at radius 3 is 2.55 bits per heavy atom. The lowest BCUT2D eigenvalue weighted by atomic mass is 10.1. The van der Waals surface area contributed by atoms with Crippen LogP contribution in [-0.4, -0.2) is 17.3 Å². The number of ether oxygens (including phenoxy) is 2. The van der Waals surface area contributed by atoms with Crippen molar-refractivity contribution in [1.82, 2.24) is 0 Å². The van der Waals surface area contributed by atoms with Crippen LogP contribution in [0.3, 0.4) is 0 Å². The van der Waals surface area contributed by atoms with Crippen molar-refractivity contribution in [1.29, 1.82) is 0 Å². The van der Waals surface area contributed by atoms with Gasteiger partial charge in [0.15, 0.2) is 11.5 Å². The third kappa shape index (κ3) is 5.20. The maximum absolute atomic E-state index is 10.1. The zero-order valence-corrected chi connectivity index (χ0v) is 13.6. The fourth-order valence-corrected chi connectivity index (χ4v) is 1.87. The highest BCUT2D eigenvalue weighted by atomic mass is 16.5. The third-order valence-electron chi connectivity index (χ3n) is 2.99. The van der Waals surface area contributed by atoms with Crippen molar-refractivity contribution in [3.05, 3.63) is 53.5 Å². The molecule has 0 saturated heterocycles. The SMILES string of the molecule is C=C(/C=C(/O)CC)Oc1cc(O)c(OC)c(CC=C(C)C)c1. The molecule has 0 aliphatic heterocycles. The van der Waals surface area contributed by atoms with E-state index in [-0.39, 0.29) is 11.5 Å². The molecule has 0 unspecified atom stereocenters. The second-order valence-corrected chi connectivity index (χ2v) is 5.18. The van der Waals surface area contributed by atoms with Crippen LogP contribution in [0, 0.1) is 0 Å². The van der Waals surface area contributed by atoms with E-state index in [1.807, 2.05) is 26.8 Å². The summed E-state index contributed by atoms with van der Waals surface area (Å²) < 4.78 is 10.8. The Morgan fingerprint density at radius 1 is 1.32 bits per heavy atom. The zero-order chi connectivity index (χ0) is 16.7. The fraction of sp³-hybridized carbons (Fsp3) is 0.333. The van der Waals surface area contributed by atoms with Crippen LogP contribution >= 0.6 is 0 Å². The van der Waals surface area contributed by atoms with Crippen LogP contribution in [0.4, 0.5) is 0 Å². The lowest BCUT2D eigenvalue weighted by Crippen LogP contribution is -1.97. The number of aliphatic hydroxyl groups excluding tert-OH is 1. The normalized spacial score (nSPS) is 11.0. The van der Waals surface area contributed by atoms with Gasteiger partial charge in [0.05, 0.1) is 12.9 Å². The molecule has 0 heterocycles. The molecule has 2 N–H and O–H groups in total. The van der Waals surface area contributed by atoms with Crippen LogP contribution in [-0.2, 0) is 6.42 Å². The summed E-state index contributed by atoms with van der Waals surface area (Å²) in [6.45, 7) is 9.57. The first-order valence-corrected chi connectivity index (χ1v) is 7.16. The first kappa shape index (κ1) is 17.7. The molecule has 0 saturated carbocycles. The van der Waals surface area contributed by atoms with Crippen molar-refractivity contribution in [3.8, 4) is 17.2 Å². The van der Waals surface area contributed by atoms with Gasteiger partial charge in [0.25, 0.3) is 0 Å². The number of aromatic hydroxyl groups is 1. The molecule has 0 amide bonds. The smallest absolute Gasteiger partial charge is 0.164 e. The first-order valence-electron chi connectivity index (χ1n) is 7.16. The summed E-state index contributed by atoms with van der Waals surface area (Å²) in [5.41, 5.74) is 1.99. The number of phenolic OH excluding ortho intramolecular Hbond substituents is 1. The van der Waals surface area contributed by atoms with E-state index in [0.29, 0.717) is 30.1 Å². The quantitative estimate of drug-likeness (QED) is 0.437. The third-order valence-corrected chi connectivity index (χ3v) is 2.99. The lowest BCUT2D eigenvalue weighted by Gasteiger charge is -2.13. The van der Waals surface area contributed by atoms with Gasteiger partial charge in [-0.1, -0.05) is 25.2 Å². The molecule has 0 bridgehead atoms. The molecule has 22 heavy (non-hydrogen) atoms. The molecule has 0 aromatic heterocycles. The highest BCUT2D eigenvalue weighted by molar-refractivity contribution is 5.52. The molecule has 0 aliphatic carbocycles. The van der Waals surface area contributed by atoms with Gasteiger partial charge in [0.1, 0.15) is 11.5 Å². The number of hydrogen-bond donors (Lipinski definition) is 2. The molecule has 4 nitrogen and oxygen atoms in total. The summed E-state index contributed by atoms with van der Waals surface area (Å²) >= 11 is 0. The number of phenols is 1. The van der Waals surface area contributed by atoms with Gasteiger partial charge in [-0.3, -0.25) is 0 Å². The summed E-state index contributed by atoms with van der Waals surface area (Å²) in [6.07, 6.45) is 4.62. The van der Waals surface area contributed by atoms with Gasteiger partial charge in [-0.25, -0.2) is 0 Å². The zero-order valence-electron chi connectivity index (χ0n) is 13.6. The number of benzene rings is 1. The van der Waals surface area contributed by atoms with Gasteiger partial charge in [-0.05, 0) is 26.3 Å². The topological polar surface area (TPSA) is 58.9 Å². The molecule has 1 rings (SSSR count). The first-order chi connectivity index (χ1) is 10.4. The van der Waals surface area contributed by atoms with E-state index in [4.69, 9.17) is 9.47 Å². The molecule has 0 atom stereocenters. The Morgan fingerprint density at radius 2 is 2.00 bits per heavy atom. The minimum absolute atomic E-state index is 0.00801. The van der Waals surface area contributed by atoms with Gasteiger partial charge < -0.3 is 19.7 Å². The Labute approximate surface area is 132 Å². The monoisotopic (exact) mass is 304 g/mol. The van der Waals surface area contributed by atoms with E-state index in [1.165, 1.54) is 24.8 Å². The van der Waals surface area contributed by atoms with Crippen LogP contribution in [0.5, 0.6) is 17.2 Å². The molecule has 4 heteroatoms. The van der Waals surface area contributed by atoms with Crippen molar-refractivity contribution in [2.24, 2.45) is 0 Å². The molecule has 1 aromatic rings. The van der Waals surface area contributed by atoms with Crippen LogP contribution in [0.1, 0.15) is 32.8 Å². The van der Waals surface area contributed by atoms with Gasteiger partial charge in [-0.2, -0.15) is 0 Å². The van der Waals surface area contributed by atoms with E-state index in [2.05, 4.69) is 6.58 Å². The lowest BCUT2D eigenvalue weighted by molar-refractivity contribution is 0.363. The van der Waals surface area contributed by atoms with Gasteiger partial charge in [0.2, 0.25) is 0 Å². The van der Waals surface area contributed by atoms with Crippen LogP contribution < -0.4 is 9.47 Å². The molecule has 0 fully saturated rings. The van der Waals surface area contributed by atoms with E-state index in [1.54, 1.807) is 6.07 Å². The van der Waals surface area contributed by atoms with Crippen molar-refractivity contribution in [2.45, 2.75) is 33.6 Å². The minimum atomic E-state index is 0.00801. The minimum Gasteiger partial charge on any atom is -0.512 e. The fourth-order valence-electron chi connectivity index (χ4n) is 1.87. The number of aliphatic hydroxyl groups is 1. The standard InChI is InChI=1S/C18H24O4/c1-6-15(19)9-13(4)22-16-10-14(8-7-12(2)3)18(21-5)17(20)11-16/h7,9-11,19-20H,4,6,8H2,1-3,5H3/b15-9+. The largest absolute Gasteiger partial charge is 0.512 e. The second kappa shape index (κ2) is 8.17. The van der Waals surface area contributed by atoms with Crippen molar-refractivity contribution in [3.63, 3.8) is 0 Å². The van der Waals surface area contributed by atoms with Crippen molar-refractivity contribution in [2.75, 3.05) is 7.11 Å². The molecule has 0 aliphatic rings. The van der Waals surface area contributed by atoms with E-state index in [9.17, 15) is 10.2 Å². The summed E-state index contributed by atoms with van der Waals surface area (Å²) in [7, 11) is 1.52. The predicted octanol–water partition coefficient (Wildman–Crippen LogP) is 4.65. The Balaban J connectivity index is 3.07. The Bertz CT molecular complexity index is 593. The number of allylic oxidation sites excluding steroid dienone is 4. The average molecular weight is 304 g/mol. The number of hydrogen-bond acceptors (Lipinski definition) is 4. The van der Waals surface area contributed by atoms with Crippen molar-refractivity contribution < 1.29 is 19.7 Å². The molecule has 0 spiro atoms. The van der Waals surface area contributed by atoms with Crippen LogP contribution in [0.2, 0.25) is 0 Å². The predicted molar refractivity (Wildman–Crippen MR) is 88.6 cm³/mol. The van der Waals surface area contributed by atoms with E-state index >= 15 is 0 Å². The maximum atomic E-state index is 10.1. The highest BCUT2D eigenvalue weighted by Crippen LogP contribution is 2.36. The molecule has 1 aromatic carbocycles. The molecular formula is C18H24O4. The Kier molecular flexibility index (Phi) is 6.57. The van der Waals surface area contributed by atoms with Crippen LogP contribution in [0.15, 0.2) is 48.0 Å². The summed E-state index contributed by atoms with van der Waals surface area (Å²) in [6, 6.07) is 3.26. The molecular weight excluding hydrogens is 280 g/mol. The van der Waals surface area contributed by atoms with Gasteiger partial charge >= 0.3 is 0 Å². The molecule has 120 valence electrons. The Hall–Kier alpha value is -2.36. The van der Waals surface area contributed by atoms with E-state index in [0.717, 1.165) is 5.56 Å². The van der Waals surface area contributed by atoms with Gasteiger partial charge in [0, 0.05) is 24.1 Å². The number of methoxy groups -OCH3 is 1. The molecule has 0 radical (unpaired) electrons. The average Bonchev–Trinajstić information content (AvgIpc) is 2.44. The maximum Gasteiger partial charge on any atom is 0.164 e. The highest BCUT2D eigenvalue weighted by Gasteiger charge is 2.11.